The van der Waals surface area contributed by atoms with E-state index in [1.165, 1.54) is 26.2 Å². The first kappa shape index (κ1) is 29.2. The molecule has 2 aliphatic heterocycles. The van der Waals surface area contributed by atoms with E-state index in [2.05, 4.69) is 15.5 Å². The number of aliphatic hydroxyl groups is 1. The molecule has 0 bridgehead atoms. The summed E-state index contributed by atoms with van der Waals surface area (Å²) >= 11 is 0. The molecule has 8 nitrogen and oxygen atoms in total. The van der Waals surface area contributed by atoms with Crippen LogP contribution < -0.4 is 10.6 Å². The molecule has 3 atom stereocenters. The van der Waals surface area contributed by atoms with Gasteiger partial charge in [-0.1, -0.05) is 49.2 Å². The summed E-state index contributed by atoms with van der Waals surface area (Å²) < 4.78 is 13.0. The number of carbonyl (C=O) groups excluding carboxylic acids is 2. The van der Waals surface area contributed by atoms with E-state index < -0.39 is 6.29 Å². The molecule has 2 aromatic rings. The van der Waals surface area contributed by atoms with Gasteiger partial charge in [0.25, 0.3) is 0 Å². The van der Waals surface area contributed by atoms with Gasteiger partial charge >= 0.3 is 0 Å². The summed E-state index contributed by atoms with van der Waals surface area (Å²) in [5.41, 5.74) is 3.56. The Kier molecular flexibility index (Phi) is 11.3. The van der Waals surface area contributed by atoms with Crippen molar-refractivity contribution in [2.45, 2.75) is 83.4 Å². The molecule has 3 N–H and O–H groups in total. The molecular weight excluding hydrogens is 494 g/mol. The number of nitrogens with zero attached hydrogens (tertiary/aromatic N) is 1. The average Bonchev–Trinajstić information content (AvgIpc) is 2.95. The molecule has 2 saturated heterocycles. The highest BCUT2D eigenvalue weighted by molar-refractivity contribution is 5.90. The fraction of sp³-hybridized carbons (Fsp3) is 0.548. The molecule has 3 unspecified atom stereocenters. The van der Waals surface area contributed by atoms with Crippen LogP contribution in [-0.2, 0) is 25.7 Å². The second-order valence-electron chi connectivity index (χ2n) is 10.7. The van der Waals surface area contributed by atoms with Crippen molar-refractivity contribution in [2.75, 3.05) is 31.5 Å². The van der Waals surface area contributed by atoms with Gasteiger partial charge in [-0.3, -0.25) is 9.59 Å². The number of nitrogens with one attached hydrogen (secondary N) is 2. The lowest BCUT2D eigenvalue weighted by atomic mass is 9.99. The standard InChI is InChI=1S/C31H43N3O5/c1-23(36)32-16-5-2-4-11-30(37)33-27-10-8-9-26(19-27)31-38-28(21-34-17-6-3-7-18-34)20-29(39-31)25-14-12-24(22-35)13-15-25/h8-10,12-15,19,28-29,31,35H,2-7,11,16-18,20-22H2,1H3,(H,32,36)(H,33,37). The quantitative estimate of drug-likeness (QED) is 0.335. The first-order chi connectivity index (χ1) is 19.0. The van der Waals surface area contributed by atoms with Crippen molar-refractivity contribution >= 4 is 17.5 Å². The van der Waals surface area contributed by atoms with Gasteiger partial charge in [0.05, 0.1) is 18.8 Å². The van der Waals surface area contributed by atoms with Crippen LogP contribution in [0.1, 0.15) is 87.4 Å². The number of carbonyl (C=O) groups is 2. The van der Waals surface area contributed by atoms with Crippen molar-refractivity contribution in [1.29, 1.82) is 0 Å². The Morgan fingerprint density at radius 3 is 2.51 bits per heavy atom. The highest BCUT2D eigenvalue weighted by Crippen LogP contribution is 2.38. The van der Waals surface area contributed by atoms with Crippen molar-refractivity contribution < 1.29 is 24.2 Å². The van der Waals surface area contributed by atoms with Crippen LogP contribution in [0, 0.1) is 0 Å². The lowest BCUT2D eigenvalue weighted by Crippen LogP contribution is -2.41. The largest absolute Gasteiger partial charge is 0.392 e. The summed E-state index contributed by atoms with van der Waals surface area (Å²) in [5, 5.41) is 15.2. The van der Waals surface area contributed by atoms with E-state index in [1.54, 1.807) is 0 Å². The molecule has 0 aliphatic carbocycles. The van der Waals surface area contributed by atoms with Crippen molar-refractivity contribution in [3.8, 4) is 0 Å². The van der Waals surface area contributed by atoms with Crippen LogP contribution in [-0.4, -0.2) is 54.1 Å². The molecule has 212 valence electrons. The minimum absolute atomic E-state index is 0.0186. The lowest BCUT2D eigenvalue weighted by Gasteiger charge is -2.39. The van der Waals surface area contributed by atoms with Gasteiger partial charge in [-0.15, -0.1) is 0 Å². The summed E-state index contributed by atoms with van der Waals surface area (Å²) in [5.74, 6) is -0.0516. The normalized spacial score (nSPS) is 21.8. The highest BCUT2D eigenvalue weighted by atomic mass is 16.7. The summed E-state index contributed by atoms with van der Waals surface area (Å²) in [7, 11) is 0. The first-order valence-corrected chi connectivity index (χ1v) is 14.4. The SMILES string of the molecule is CC(=O)NCCCCCC(=O)Nc1cccc(C2OC(CN3CCCCC3)CC(c3ccc(CO)cc3)O2)c1. The van der Waals surface area contributed by atoms with E-state index >= 15 is 0 Å². The Balaban J connectivity index is 1.38. The predicted octanol–water partition coefficient (Wildman–Crippen LogP) is 4.85. The highest BCUT2D eigenvalue weighted by Gasteiger charge is 2.33. The van der Waals surface area contributed by atoms with Crippen LogP contribution in [0.5, 0.6) is 0 Å². The van der Waals surface area contributed by atoms with Crippen molar-refractivity contribution in [1.82, 2.24) is 10.2 Å². The van der Waals surface area contributed by atoms with Gasteiger partial charge in [-0.05, 0) is 62.0 Å². The first-order valence-electron chi connectivity index (χ1n) is 14.4. The van der Waals surface area contributed by atoms with Crippen LogP contribution in [0.25, 0.3) is 0 Å². The second kappa shape index (κ2) is 15.1. The van der Waals surface area contributed by atoms with Gasteiger partial charge in [0.2, 0.25) is 11.8 Å². The minimum atomic E-state index is -0.540. The molecule has 4 rings (SSSR count). The fourth-order valence-electron chi connectivity index (χ4n) is 5.30. The maximum atomic E-state index is 12.5. The predicted molar refractivity (Wildman–Crippen MR) is 151 cm³/mol. The number of aliphatic hydroxyl groups excluding tert-OH is 1. The van der Waals surface area contributed by atoms with Crippen LogP contribution in [0.4, 0.5) is 5.69 Å². The number of hydrogen-bond acceptors (Lipinski definition) is 6. The Hall–Kier alpha value is -2.78. The molecule has 8 heteroatoms. The zero-order chi connectivity index (χ0) is 27.5. The van der Waals surface area contributed by atoms with E-state index in [9.17, 15) is 14.7 Å². The van der Waals surface area contributed by atoms with E-state index in [1.807, 2.05) is 48.5 Å². The third kappa shape index (κ3) is 9.42. The van der Waals surface area contributed by atoms with Gasteiger partial charge in [0.1, 0.15) is 0 Å². The van der Waals surface area contributed by atoms with Gasteiger partial charge in [0, 0.05) is 44.1 Å². The minimum Gasteiger partial charge on any atom is -0.392 e. The van der Waals surface area contributed by atoms with Gasteiger partial charge in [-0.2, -0.15) is 0 Å². The van der Waals surface area contributed by atoms with Gasteiger partial charge in [-0.25, -0.2) is 0 Å². The molecule has 0 spiro atoms. The molecular formula is C31H43N3O5. The average molecular weight is 538 g/mol. The number of piperidine rings is 1. The Morgan fingerprint density at radius 1 is 0.974 bits per heavy atom. The number of anilines is 1. The van der Waals surface area contributed by atoms with E-state index in [0.29, 0.717) is 13.0 Å². The number of likely N-dealkylation sites (tertiary alicyclic amines) is 1. The maximum absolute atomic E-state index is 12.5. The number of ether oxygens (including phenoxy) is 2. The molecule has 2 amide bonds. The Bertz CT molecular complexity index is 1050. The second-order valence-corrected chi connectivity index (χ2v) is 10.7. The monoisotopic (exact) mass is 537 g/mol. The molecule has 0 saturated carbocycles. The molecule has 0 aromatic heterocycles. The molecule has 0 radical (unpaired) electrons. The summed E-state index contributed by atoms with van der Waals surface area (Å²) in [4.78, 5) is 26.0. The van der Waals surface area contributed by atoms with Crippen LogP contribution >= 0.6 is 0 Å². The van der Waals surface area contributed by atoms with Gasteiger partial charge < -0.3 is 30.1 Å². The topological polar surface area (TPSA) is 100 Å². The van der Waals surface area contributed by atoms with Crippen molar-refractivity contribution in [3.63, 3.8) is 0 Å². The zero-order valence-electron chi connectivity index (χ0n) is 23.1. The van der Waals surface area contributed by atoms with Crippen LogP contribution in [0.2, 0.25) is 0 Å². The Labute approximate surface area is 232 Å². The lowest BCUT2D eigenvalue weighted by molar-refractivity contribution is -0.253. The summed E-state index contributed by atoms with van der Waals surface area (Å²) in [6.45, 7) is 5.27. The Morgan fingerprint density at radius 2 is 1.77 bits per heavy atom. The fourth-order valence-corrected chi connectivity index (χ4v) is 5.30. The molecule has 2 aliphatic rings. The molecule has 2 fully saturated rings. The third-order valence-electron chi connectivity index (χ3n) is 7.42. The number of unbranched alkanes of at least 4 members (excludes halogenated alkanes) is 2. The maximum Gasteiger partial charge on any atom is 0.224 e. The number of amides is 2. The van der Waals surface area contributed by atoms with Crippen LogP contribution in [0.3, 0.4) is 0 Å². The number of hydrogen-bond donors (Lipinski definition) is 3. The van der Waals surface area contributed by atoms with Crippen LogP contribution in [0.15, 0.2) is 48.5 Å². The van der Waals surface area contributed by atoms with E-state index in [4.69, 9.17) is 9.47 Å². The zero-order valence-corrected chi connectivity index (χ0v) is 23.1. The molecule has 2 heterocycles. The summed E-state index contributed by atoms with van der Waals surface area (Å²) in [6.07, 6.45) is 6.85. The number of benzene rings is 2. The molecule has 39 heavy (non-hydrogen) atoms. The molecule has 2 aromatic carbocycles. The third-order valence-corrected chi connectivity index (χ3v) is 7.42. The van der Waals surface area contributed by atoms with E-state index in [0.717, 1.165) is 67.7 Å². The number of rotatable bonds is 12. The van der Waals surface area contributed by atoms with E-state index in [-0.39, 0.29) is 30.6 Å². The smallest absolute Gasteiger partial charge is 0.224 e. The van der Waals surface area contributed by atoms with Crippen molar-refractivity contribution in [3.05, 3.63) is 65.2 Å². The van der Waals surface area contributed by atoms with Crippen molar-refractivity contribution in [2.24, 2.45) is 0 Å². The van der Waals surface area contributed by atoms with Gasteiger partial charge in [0.15, 0.2) is 6.29 Å². The summed E-state index contributed by atoms with van der Waals surface area (Å²) in [6, 6.07) is 15.7.